The third-order valence-electron chi connectivity index (χ3n) is 3.80. The van der Waals surface area contributed by atoms with E-state index >= 15 is 0 Å². The maximum atomic E-state index is 12.6. The van der Waals surface area contributed by atoms with Gasteiger partial charge in [0, 0.05) is 37.1 Å². The Morgan fingerprint density at radius 1 is 1.30 bits per heavy atom. The summed E-state index contributed by atoms with van der Waals surface area (Å²) < 4.78 is 0. The number of carbonyl (C=O) groups is 1. The third kappa shape index (κ3) is 4.41. The van der Waals surface area contributed by atoms with Crippen LogP contribution < -0.4 is 5.73 Å². The fourth-order valence-electron chi connectivity index (χ4n) is 2.66. The molecule has 0 aliphatic carbocycles. The first kappa shape index (κ1) is 19.8. The van der Waals surface area contributed by atoms with Crippen LogP contribution in [0.1, 0.15) is 28.9 Å². The van der Waals surface area contributed by atoms with E-state index in [2.05, 4.69) is 9.97 Å². The van der Waals surface area contributed by atoms with Gasteiger partial charge in [0.1, 0.15) is 9.88 Å². The maximum Gasteiger partial charge on any atom is 0.265 e. The first-order chi connectivity index (χ1) is 10.3. The molecular weight excluding hydrogens is 355 g/mol. The zero-order valence-electron chi connectivity index (χ0n) is 12.6. The van der Waals surface area contributed by atoms with E-state index in [1.54, 1.807) is 18.6 Å². The first-order valence-electron chi connectivity index (χ1n) is 7.17. The summed E-state index contributed by atoms with van der Waals surface area (Å²) in [7, 11) is 0. The lowest BCUT2D eigenvalue weighted by Gasteiger charge is -2.34. The highest BCUT2D eigenvalue weighted by Crippen LogP contribution is 2.27. The number of rotatable bonds is 3. The minimum Gasteiger partial charge on any atom is -0.334 e. The Labute approximate surface area is 152 Å². The van der Waals surface area contributed by atoms with E-state index in [0.717, 1.165) is 36.4 Å². The second-order valence-corrected chi connectivity index (χ2v) is 6.18. The highest BCUT2D eigenvalue weighted by molar-refractivity contribution is 7.16. The van der Waals surface area contributed by atoms with Gasteiger partial charge in [-0.3, -0.25) is 9.78 Å². The Balaban J connectivity index is 0.00000132. The Morgan fingerprint density at radius 2 is 2.04 bits per heavy atom. The van der Waals surface area contributed by atoms with Gasteiger partial charge in [0.2, 0.25) is 0 Å². The number of likely N-dealkylation sites (tertiary alicyclic amines) is 1. The lowest BCUT2D eigenvalue weighted by atomic mass is 10.0. The van der Waals surface area contributed by atoms with Gasteiger partial charge >= 0.3 is 0 Å². The SMILES string of the molecule is Cl.Cl.NCC1CCCCN1C(=O)c1cnc(-c2ccncc2)s1. The topological polar surface area (TPSA) is 72.1 Å². The van der Waals surface area contributed by atoms with Crippen LogP contribution in [0.2, 0.25) is 0 Å². The molecule has 0 saturated carbocycles. The molecular formula is C15H20Cl2N4OS. The standard InChI is InChI=1S/C15H18N4OS.2ClH/c16-9-12-3-1-2-8-19(12)15(20)13-10-18-14(21-13)11-4-6-17-7-5-11;;/h4-7,10,12H,1-3,8-9,16H2;2*1H. The summed E-state index contributed by atoms with van der Waals surface area (Å²) in [5.41, 5.74) is 6.78. The predicted octanol–water partition coefficient (Wildman–Crippen LogP) is 3.00. The van der Waals surface area contributed by atoms with Gasteiger partial charge in [-0.05, 0) is 31.4 Å². The second-order valence-electron chi connectivity index (χ2n) is 5.15. The molecule has 126 valence electrons. The Morgan fingerprint density at radius 3 is 2.74 bits per heavy atom. The Hall–Kier alpha value is -1.21. The van der Waals surface area contributed by atoms with Crippen molar-refractivity contribution in [1.82, 2.24) is 14.9 Å². The number of pyridine rings is 1. The molecule has 0 bridgehead atoms. The molecule has 8 heteroatoms. The number of piperidine rings is 1. The zero-order valence-corrected chi connectivity index (χ0v) is 15.0. The van der Waals surface area contributed by atoms with Crippen molar-refractivity contribution >= 4 is 42.1 Å². The van der Waals surface area contributed by atoms with Crippen molar-refractivity contribution in [3.8, 4) is 10.6 Å². The summed E-state index contributed by atoms with van der Waals surface area (Å²) in [6.45, 7) is 1.32. The largest absolute Gasteiger partial charge is 0.334 e. The summed E-state index contributed by atoms with van der Waals surface area (Å²) in [4.78, 5) is 23.6. The number of hydrogen-bond acceptors (Lipinski definition) is 5. The average molecular weight is 375 g/mol. The van der Waals surface area contributed by atoms with Crippen molar-refractivity contribution in [3.05, 3.63) is 35.6 Å². The van der Waals surface area contributed by atoms with Crippen LogP contribution in [0.25, 0.3) is 10.6 Å². The van der Waals surface area contributed by atoms with Crippen molar-refractivity contribution in [1.29, 1.82) is 0 Å². The molecule has 3 heterocycles. The highest BCUT2D eigenvalue weighted by atomic mass is 35.5. The monoisotopic (exact) mass is 374 g/mol. The van der Waals surface area contributed by atoms with Crippen LogP contribution in [0.15, 0.2) is 30.7 Å². The van der Waals surface area contributed by atoms with Crippen LogP contribution in [0.4, 0.5) is 0 Å². The maximum absolute atomic E-state index is 12.6. The molecule has 3 rings (SSSR count). The van der Waals surface area contributed by atoms with Gasteiger partial charge in [0.05, 0.1) is 6.20 Å². The fraction of sp³-hybridized carbons (Fsp3) is 0.400. The van der Waals surface area contributed by atoms with Gasteiger partial charge < -0.3 is 10.6 Å². The molecule has 1 atom stereocenters. The summed E-state index contributed by atoms with van der Waals surface area (Å²) >= 11 is 1.43. The summed E-state index contributed by atoms with van der Waals surface area (Å²) in [6.07, 6.45) is 8.33. The lowest BCUT2D eigenvalue weighted by molar-refractivity contribution is 0.0628. The van der Waals surface area contributed by atoms with E-state index in [1.165, 1.54) is 11.3 Å². The van der Waals surface area contributed by atoms with Crippen LogP contribution in [0.5, 0.6) is 0 Å². The number of nitrogens with two attached hydrogens (primary N) is 1. The molecule has 0 aromatic carbocycles. The van der Waals surface area contributed by atoms with E-state index in [9.17, 15) is 4.79 Å². The van der Waals surface area contributed by atoms with E-state index in [-0.39, 0.29) is 36.8 Å². The van der Waals surface area contributed by atoms with E-state index in [4.69, 9.17) is 5.73 Å². The van der Waals surface area contributed by atoms with Gasteiger partial charge in [-0.2, -0.15) is 0 Å². The quantitative estimate of drug-likeness (QED) is 0.895. The second kappa shape index (κ2) is 9.17. The highest BCUT2D eigenvalue weighted by Gasteiger charge is 2.27. The van der Waals surface area contributed by atoms with Gasteiger partial charge in [0.15, 0.2) is 0 Å². The number of nitrogens with zero attached hydrogens (tertiary/aromatic N) is 3. The Kier molecular flexibility index (Phi) is 7.91. The van der Waals surface area contributed by atoms with Gasteiger partial charge in [-0.25, -0.2) is 4.98 Å². The molecule has 2 aromatic heterocycles. The van der Waals surface area contributed by atoms with Crippen LogP contribution in [0.3, 0.4) is 0 Å². The molecule has 1 unspecified atom stereocenters. The molecule has 0 spiro atoms. The predicted molar refractivity (Wildman–Crippen MR) is 97.6 cm³/mol. The smallest absolute Gasteiger partial charge is 0.265 e. The number of halogens is 2. The van der Waals surface area contributed by atoms with Crippen LogP contribution in [0, 0.1) is 0 Å². The molecule has 2 N–H and O–H groups in total. The fourth-order valence-corrected chi connectivity index (χ4v) is 3.53. The third-order valence-corrected chi connectivity index (χ3v) is 4.84. The van der Waals surface area contributed by atoms with Crippen LogP contribution >= 0.6 is 36.2 Å². The Bertz CT molecular complexity index is 623. The van der Waals surface area contributed by atoms with Crippen molar-refractivity contribution in [2.45, 2.75) is 25.3 Å². The molecule has 1 aliphatic rings. The van der Waals surface area contributed by atoms with Crippen molar-refractivity contribution in [3.63, 3.8) is 0 Å². The van der Waals surface area contributed by atoms with Crippen LogP contribution in [-0.2, 0) is 0 Å². The normalized spacial score (nSPS) is 17.1. The van der Waals surface area contributed by atoms with Crippen molar-refractivity contribution < 1.29 is 4.79 Å². The molecule has 2 aromatic rings. The average Bonchev–Trinajstić information content (AvgIpc) is 3.05. The molecule has 5 nitrogen and oxygen atoms in total. The molecule has 23 heavy (non-hydrogen) atoms. The van der Waals surface area contributed by atoms with Gasteiger partial charge in [0.25, 0.3) is 5.91 Å². The number of aromatic nitrogens is 2. The van der Waals surface area contributed by atoms with E-state index in [0.29, 0.717) is 11.4 Å². The van der Waals surface area contributed by atoms with E-state index in [1.807, 2.05) is 17.0 Å². The minimum absolute atomic E-state index is 0. The van der Waals surface area contributed by atoms with Gasteiger partial charge in [-0.15, -0.1) is 36.2 Å². The number of hydrogen-bond donors (Lipinski definition) is 1. The number of thiazole rings is 1. The minimum atomic E-state index is 0. The lowest BCUT2D eigenvalue weighted by Crippen LogP contribution is -2.47. The van der Waals surface area contributed by atoms with Gasteiger partial charge in [-0.1, -0.05) is 0 Å². The summed E-state index contributed by atoms with van der Waals surface area (Å²) in [5.74, 6) is 0.0583. The first-order valence-corrected chi connectivity index (χ1v) is 7.98. The zero-order chi connectivity index (χ0) is 14.7. The van der Waals surface area contributed by atoms with E-state index < -0.39 is 0 Å². The molecule has 1 saturated heterocycles. The number of amides is 1. The van der Waals surface area contributed by atoms with Crippen molar-refractivity contribution in [2.75, 3.05) is 13.1 Å². The molecule has 1 aliphatic heterocycles. The summed E-state index contributed by atoms with van der Waals surface area (Å²) in [5, 5.41) is 0.849. The summed E-state index contributed by atoms with van der Waals surface area (Å²) in [6, 6.07) is 3.96. The number of carbonyl (C=O) groups excluding carboxylic acids is 1. The van der Waals surface area contributed by atoms with Crippen molar-refractivity contribution in [2.24, 2.45) is 5.73 Å². The molecule has 1 fully saturated rings. The molecule has 1 amide bonds. The molecule has 0 radical (unpaired) electrons. The van der Waals surface area contributed by atoms with Crippen LogP contribution in [-0.4, -0.2) is 39.9 Å².